The lowest BCUT2D eigenvalue weighted by Crippen LogP contribution is -2.45. The maximum atomic E-state index is 12.1. The highest BCUT2D eigenvalue weighted by molar-refractivity contribution is 6.07. The molecule has 96 valence electrons. The Morgan fingerprint density at radius 2 is 1.61 bits per heavy atom. The van der Waals surface area contributed by atoms with Crippen LogP contribution in [0.1, 0.15) is 6.92 Å². The molecule has 1 aliphatic heterocycles. The van der Waals surface area contributed by atoms with Crippen molar-refractivity contribution in [3.05, 3.63) is 24.3 Å². The van der Waals surface area contributed by atoms with E-state index in [4.69, 9.17) is 9.47 Å². The van der Waals surface area contributed by atoms with Crippen molar-refractivity contribution in [2.75, 3.05) is 13.2 Å². The van der Waals surface area contributed by atoms with E-state index >= 15 is 0 Å². The fourth-order valence-corrected chi connectivity index (χ4v) is 3.16. The Morgan fingerprint density at radius 1 is 1.00 bits per heavy atom. The van der Waals surface area contributed by atoms with E-state index in [9.17, 15) is 9.59 Å². The highest BCUT2D eigenvalue weighted by Crippen LogP contribution is 2.41. The normalized spacial score (nSPS) is 40.3. The predicted molar refractivity (Wildman–Crippen MR) is 63.6 cm³/mol. The fraction of sp³-hybridized carbons (Fsp3) is 0.571. The lowest BCUT2D eigenvalue weighted by Gasteiger charge is -2.38. The Bertz CT molecular complexity index is 431. The summed E-state index contributed by atoms with van der Waals surface area (Å²) < 4.78 is 11.0. The molecule has 0 saturated carbocycles. The van der Waals surface area contributed by atoms with Gasteiger partial charge in [0.25, 0.3) is 0 Å². The van der Waals surface area contributed by atoms with Gasteiger partial charge in [0.05, 0.1) is 13.2 Å². The molecule has 0 amide bonds. The number of fused-ring (bicyclic) bond motifs is 1. The summed E-state index contributed by atoms with van der Waals surface area (Å²) in [7, 11) is 0. The zero-order valence-electron chi connectivity index (χ0n) is 10.2. The highest BCUT2D eigenvalue weighted by atomic mass is 16.7. The van der Waals surface area contributed by atoms with E-state index in [0.717, 1.165) is 0 Å². The summed E-state index contributed by atoms with van der Waals surface area (Å²) in [6.07, 6.45) is 6.40. The van der Waals surface area contributed by atoms with Crippen LogP contribution in [0.3, 0.4) is 0 Å². The molecule has 1 heterocycles. The van der Waals surface area contributed by atoms with Crippen LogP contribution in [0, 0.1) is 23.7 Å². The first-order valence-corrected chi connectivity index (χ1v) is 6.36. The van der Waals surface area contributed by atoms with Gasteiger partial charge in [-0.2, -0.15) is 0 Å². The second kappa shape index (κ2) is 4.44. The summed E-state index contributed by atoms with van der Waals surface area (Å²) in [5.74, 6) is -0.584. The first-order valence-electron chi connectivity index (χ1n) is 6.36. The van der Waals surface area contributed by atoms with E-state index in [0.29, 0.717) is 13.2 Å². The third-order valence-corrected chi connectivity index (χ3v) is 4.04. The fourth-order valence-electron chi connectivity index (χ4n) is 3.16. The van der Waals surface area contributed by atoms with Crippen molar-refractivity contribution >= 4 is 11.6 Å². The maximum Gasteiger partial charge on any atom is 0.164 e. The third kappa shape index (κ3) is 1.76. The molecular weight excluding hydrogens is 232 g/mol. The molecule has 0 aromatic heterocycles. The van der Waals surface area contributed by atoms with Crippen LogP contribution in [-0.4, -0.2) is 31.1 Å². The van der Waals surface area contributed by atoms with Gasteiger partial charge >= 0.3 is 0 Å². The van der Waals surface area contributed by atoms with Gasteiger partial charge in [-0.25, -0.2) is 0 Å². The van der Waals surface area contributed by atoms with Crippen LogP contribution in [0.2, 0.25) is 0 Å². The predicted octanol–water partition coefficient (Wildman–Crippen LogP) is 1.12. The van der Waals surface area contributed by atoms with Gasteiger partial charge < -0.3 is 9.47 Å². The van der Waals surface area contributed by atoms with Crippen LogP contribution in [0.5, 0.6) is 0 Å². The van der Waals surface area contributed by atoms with E-state index in [1.807, 2.05) is 19.1 Å². The van der Waals surface area contributed by atoms with E-state index in [1.165, 1.54) is 12.2 Å². The highest BCUT2D eigenvalue weighted by Gasteiger charge is 2.47. The Hall–Kier alpha value is -1.26. The van der Waals surface area contributed by atoms with Crippen LogP contribution in [0.25, 0.3) is 0 Å². The molecule has 2 aliphatic carbocycles. The summed E-state index contributed by atoms with van der Waals surface area (Å²) in [6, 6.07) is 0. The molecule has 3 rings (SSSR count). The number of allylic oxidation sites excluding steroid dienone is 3. The topological polar surface area (TPSA) is 52.6 Å². The molecule has 0 radical (unpaired) electrons. The van der Waals surface area contributed by atoms with Crippen LogP contribution in [-0.2, 0) is 19.1 Å². The van der Waals surface area contributed by atoms with Crippen LogP contribution < -0.4 is 0 Å². The monoisotopic (exact) mass is 248 g/mol. The molecule has 0 aromatic carbocycles. The van der Waals surface area contributed by atoms with Gasteiger partial charge in [0.15, 0.2) is 17.9 Å². The summed E-state index contributed by atoms with van der Waals surface area (Å²) >= 11 is 0. The second-order valence-electron chi connectivity index (χ2n) is 5.12. The Balaban J connectivity index is 1.95. The average Bonchev–Trinajstić information content (AvgIpc) is 2.87. The standard InChI is InChI=1S/C14H16O4/c1-8-2-3-9(14-17-6-7-18-14)13-11(16)5-4-10(15)12(8)13/h2-5,8-9,12-14H,6-7H2,1H3/t8-,9+,12+,13+/m1/s1. The van der Waals surface area contributed by atoms with Crippen molar-refractivity contribution in [2.24, 2.45) is 23.7 Å². The van der Waals surface area contributed by atoms with Gasteiger partial charge in [0.2, 0.25) is 0 Å². The van der Waals surface area contributed by atoms with Crippen LogP contribution in [0.15, 0.2) is 24.3 Å². The molecule has 0 aromatic rings. The SMILES string of the molecule is C[C@@H]1C=C[C@H](C2OCCO2)[C@H]2C(=O)C=CC(=O)[C@@H]21. The van der Waals surface area contributed by atoms with E-state index in [1.54, 1.807) is 0 Å². The summed E-state index contributed by atoms with van der Waals surface area (Å²) in [5.41, 5.74) is 0. The number of ether oxygens (including phenoxy) is 2. The first-order chi connectivity index (χ1) is 8.68. The lowest BCUT2D eigenvalue weighted by atomic mass is 9.65. The Labute approximate surface area is 106 Å². The van der Waals surface area contributed by atoms with Gasteiger partial charge in [-0.15, -0.1) is 0 Å². The Morgan fingerprint density at radius 3 is 2.28 bits per heavy atom. The zero-order chi connectivity index (χ0) is 12.7. The zero-order valence-corrected chi connectivity index (χ0v) is 10.2. The third-order valence-electron chi connectivity index (χ3n) is 4.04. The molecule has 3 aliphatic rings. The summed E-state index contributed by atoms with van der Waals surface area (Å²) in [5, 5.41) is 0. The molecule has 4 nitrogen and oxygen atoms in total. The minimum atomic E-state index is -0.385. The smallest absolute Gasteiger partial charge is 0.164 e. The molecule has 0 bridgehead atoms. The van der Waals surface area contributed by atoms with Crippen molar-refractivity contribution in [1.82, 2.24) is 0 Å². The van der Waals surface area contributed by atoms with Crippen molar-refractivity contribution in [2.45, 2.75) is 13.2 Å². The van der Waals surface area contributed by atoms with Gasteiger partial charge in [-0.3, -0.25) is 9.59 Å². The molecule has 4 atom stereocenters. The van der Waals surface area contributed by atoms with Crippen LogP contribution >= 0.6 is 0 Å². The average molecular weight is 248 g/mol. The minimum Gasteiger partial charge on any atom is -0.350 e. The molecular formula is C14H16O4. The molecule has 1 fully saturated rings. The Kier molecular flexibility index (Phi) is 2.92. The number of rotatable bonds is 1. The van der Waals surface area contributed by atoms with Gasteiger partial charge in [0, 0.05) is 17.8 Å². The maximum absolute atomic E-state index is 12.1. The van der Waals surface area contributed by atoms with E-state index in [2.05, 4.69) is 0 Å². The van der Waals surface area contributed by atoms with Crippen molar-refractivity contribution < 1.29 is 19.1 Å². The molecule has 1 saturated heterocycles. The number of ketones is 2. The largest absolute Gasteiger partial charge is 0.350 e. The molecule has 0 N–H and O–H groups in total. The second-order valence-corrected chi connectivity index (χ2v) is 5.12. The van der Waals surface area contributed by atoms with E-state index in [-0.39, 0.29) is 41.5 Å². The molecule has 0 spiro atoms. The lowest BCUT2D eigenvalue weighted by molar-refractivity contribution is -0.141. The number of carbonyl (C=O) groups is 2. The number of hydrogen-bond acceptors (Lipinski definition) is 4. The number of hydrogen-bond donors (Lipinski definition) is 0. The van der Waals surface area contributed by atoms with Crippen molar-refractivity contribution in [3.8, 4) is 0 Å². The van der Waals surface area contributed by atoms with Crippen LogP contribution in [0.4, 0.5) is 0 Å². The minimum absolute atomic E-state index is 0.0138. The molecule has 0 unspecified atom stereocenters. The molecule has 18 heavy (non-hydrogen) atoms. The quantitative estimate of drug-likeness (QED) is 0.653. The van der Waals surface area contributed by atoms with Crippen molar-refractivity contribution in [1.29, 1.82) is 0 Å². The van der Waals surface area contributed by atoms with E-state index < -0.39 is 0 Å². The number of carbonyl (C=O) groups excluding carboxylic acids is 2. The first kappa shape index (κ1) is 11.8. The summed E-state index contributed by atoms with van der Waals surface area (Å²) in [4.78, 5) is 24.1. The van der Waals surface area contributed by atoms with Crippen molar-refractivity contribution in [3.63, 3.8) is 0 Å². The van der Waals surface area contributed by atoms with Gasteiger partial charge in [-0.1, -0.05) is 19.1 Å². The van der Waals surface area contributed by atoms with Gasteiger partial charge in [0.1, 0.15) is 0 Å². The summed E-state index contributed by atoms with van der Waals surface area (Å²) in [6.45, 7) is 3.09. The molecule has 4 heteroatoms. The van der Waals surface area contributed by atoms with Gasteiger partial charge in [-0.05, 0) is 18.1 Å².